The topological polar surface area (TPSA) is 0 Å². The Balaban J connectivity index is 0.000000218. The molecule has 0 fully saturated rings. The van der Waals surface area contributed by atoms with Gasteiger partial charge in [0, 0.05) is 0 Å². The quantitative estimate of drug-likeness (QED) is 0.182. The third-order valence-corrected chi connectivity index (χ3v) is 7.95. The van der Waals surface area contributed by atoms with Gasteiger partial charge in [-0.1, -0.05) is 122 Å². The van der Waals surface area contributed by atoms with Crippen molar-refractivity contribution in [3.05, 3.63) is 171 Å². The van der Waals surface area contributed by atoms with E-state index in [1.165, 1.54) is 76.5 Å². The van der Waals surface area contributed by atoms with Crippen molar-refractivity contribution < 1.29 is 51.0 Å². The summed E-state index contributed by atoms with van der Waals surface area (Å²) >= 11 is 0. The first-order valence-electron chi connectivity index (χ1n) is 14.9. The van der Waals surface area contributed by atoms with E-state index in [-0.39, 0.29) is 51.0 Å². The first kappa shape index (κ1) is 37.0. The molecule has 0 aromatic heterocycles. The van der Waals surface area contributed by atoms with Crippen molar-refractivity contribution in [1.82, 2.24) is 0 Å². The number of hydrogen-bond donors (Lipinski definition) is 0. The van der Waals surface area contributed by atoms with Gasteiger partial charge in [0.25, 0.3) is 0 Å². The molecule has 0 bridgehead atoms. The van der Waals surface area contributed by atoms with E-state index in [1.807, 2.05) is 0 Å². The summed E-state index contributed by atoms with van der Waals surface area (Å²) in [6.07, 6.45) is 0.750. The molecule has 8 aromatic carbocycles. The van der Waals surface area contributed by atoms with Gasteiger partial charge < -0.3 is 45.1 Å². The number of benzene rings is 6. The van der Waals surface area contributed by atoms with E-state index in [0.717, 1.165) is 6.42 Å². The molecule has 0 aliphatic carbocycles. The Kier molecular flexibility index (Phi) is 13.6. The van der Waals surface area contributed by atoms with Crippen LogP contribution in [-0.2, 0) is 26.2 Å². The summed E-state index contributed by atoms with van der Waals surface area (Å²) in [4.78, 5) is 0. The molecule has 0 aliphatic rings. The van der Waals surface area contributed by atoms with Crippen molar-refractivity contribution in [2.24, 2.45) is 0 Å². The van der Waals surface area contributed by atoms with E-state index in [9.17, 15) is 0 Å². The molecular weight excluding hydrogens is 679 g/mol. The third kappa shape index (κ3) is 7.72. The maximum Gasteiger partial charge on any atom is 2.00 e. The van der Waals surface area contributed by atoms with E-state index in [1.54, 1.807) is 0 Å². The first-order valence-corrected chi connectivity index (χ1v) is 14.9. The zero-order valence-corrected chi connectivity index (χ0v) is 30.2. The van der Waals surface area contributed by atoms with E-state index in [0.29, 0.717) is 0 Å². The fraction of sp³-hybridized carbons (Fsp3) is 0.0698. The summed E-state index contributed by atoms with van der Waals surface area (Å²) in [5.41, 5.74) is 7.94. The molecule has 0 atom stereocenters. The SMILES string of the molecule is Cc1cc2c(-c3cccc4ccccc34)cccc2[cH-]1.Cc1cc2c(-c3cccc4ccccc34)cccc2[cH-]1.[CH2-]C[CH2-].[Cl-].[Cl-].[Zr+2]. The van der Waals surface area contributed by atoms with Crippen LogP contribution in [0, 0.1) is 27.7 Å². The van der Waals surface area contributed by atoms with Crippen molar-refractivity contribution in [2.75, 3.05) is 0 Å². The Morgan fingerprint density at radius 1 is 0.435 bits per heavy atom. The number of hydrogen-bond acceptors (Lipinski definition) is 0. The van der Waals surface area contributed by atoms with E-state index >= 15 is 0 Å². The average Bonchev–Trinajstić information content (AvgIpc) is 3.62. The van der Waals surface area contributed by atoms with Gasteiger partial charge in [-0.2, -0.15) is 12.1 Å². The average molecular weight is 715 g/mol. The summed E-state index contributed by atoms with van der Waals surface area (Å²) < 4.78 is 0. The van der Waals surface area contributed by atoms with Gasteiger partial charge >= 0.3 is 26.2 Å². The second-order valence-corrected chi connectivity index (χ2v) is 11.1. The number of halogens is 2. The Morgan fingerprint density at radius 2 is 0.739 bits per heavy atom. The standard InChI is InChI=1S/2C20H15.C3H6.2ClH.Zr/c2*1-14-12-16-8-5-11-19(20(16)13-14)18-10-4-7-15-6-2-3-9-17(15)18;1-3-2;;;/h2*2-13H,1H3;1-3H2;2*1H;/q2*-1;-2;;;+2/p-2. The van der Waals surface area contributed by atoms with Crippen LogP contribution in [0.4, 0.5) is 0 Å². The molecular formula is C43H36Cl2Zr-4. The minimum atomic E-state index is 0. The zero-order valence-electron chi connectivity index (χ0n) is 26.2. The molecule has 0 saturated heterocycles. The Bertz CT molecular complexity index is 2000. The molecule has 0 spiro atoms. The minimum absolute atomic E-state index is 0. The van der Waals surface area contributed by atoms with Crippen LogP contribution < -0.4 is 24.8 Å². The van der Waals surface area contributed by atoms with Crippen LogP contribution >= 0.6 is 0 Å². The van der Waals surface area contributed by atoms with Crippen LogP contribution in [0.5, 0.6) is 0 Å². The van der Waals surface area contributed by atoms with Gasteiger partial charge in [-0.05, 0) is 32.7 Å². The molecule has 46 heavy (non-hydrogen) atoms. The van der Waals surface area contributed by atoms with Gasteiger partial charge in [0.2, 0.25) is 0 Å². The van der Waals surface area contributed by atoms with Crippen LogP contribution in [0.15, 0.2) is 146 Å². The third-order valence-electron chi connectivity index (χ3n) is 7.95. The monoisotopic (exact) mass is 712 g/mol. The maximum atomic E-state index is 3.38. The normalized spacial score (nSPS) is 10.2. The largest absolute Gasteiger partial charge is 2.00 e. The molecule has 0 unspecified atom stereocenters. The minimum Gasteiger partial charge on any atom is -1.00 e. The first-order chi connectivity index (χ1) is 21.1. The fourth-order valence-electron chi connectivity index (χ4n) is 6.16. The number of aryl methyl sites for hydroxylation is 2. The molecule has 0 nitrogen and oxygen atoms in total. The molecule has 0 aliphatic heterocycles. The van der Waals surface area contributed by atoms with Crippen LogP contribution in [-0.4, -0.2) is 0 Å². The van der Waals surface area contributed by atoms with Crippen LogP contribution in [0.3, 0.4) is 0 Å². The summed E-state index contributed by atoms with van der Waals surface area (Å²) in [7, 11) is 0. The second-order valence-electron chi connectivity index (χ2n) is 11.1. The van der Waals surface area contributed by atoms with Gasteiger partial charge in [0.1, 0.15) is 0 Å². The Hall–Kier alpha value is -3.48. The van der Waals surface area contributed by atoms with Crippen molar-refractivity contribution in [2.45, 2.75) is 20.3 Å². The van der Waals surface area contributed by atoms with Crippen LogP contribution in [0.2, 0.25) is 0 Å². The van der Waals surface area contributed by atoms with Crippen molar-refractivity contribution in [1.29, 1.82) is 0 Å². The molecule has 230 valence electrons. The van der Waals surface area contributed by atoms with Gasteiger partial charge in [-0.3, -0.25) is 0 Å². The van der Waals surface area contributed by atoms with Gasteiger partial charge in [-0.15, -0.1) is 69.1 Å². The van der Waals surface area contributed by atoms with Crippen molar-refractivity contribution in [3.8, 4) is 22.3 Å². The van der Waals surface area contributed by atoms with E-state index < -0.39 is 0 Å². The van der Waals surface area contributed by atoms with Crippen molar-refractivity contribution in [3.63, 3.8) is 0 Å². The molecule has 0 N–H and O–H groups in total. The summed E-state index contributed by atoms with van der Waals surface area (Å²) in [5.74, 6) is 0. The van der Waals surface area contributed by atoms with Gasteiger partial charge in [0.05, 0.1) is 0 Å². The predicted octanol–water partition coefficient (Wildman–Crippen LogP) is 6.42. The van der Waals surface area contributed by atoms with Crippen molar-refractivity contribution >= 4 is 43.1 Å². The van der Waals surface area contributed by atoms with Gasteiger partial charge in [0.15, 0.2) is 0 Å². The molecule has 0 heterocycles. The van der Waals surface area contributed by atoms with E-state index in [4.69, 9.17) is 0 Å². The fourth-order valence-corrected chi connectivity index (χ4v) is 6.16. The van der Waals surface area contributed by atoms with E-state index in [2.05, 4.69) is 173 Å². The Morgan fingerprint density at radius 3 is 1.13 bits per heavy atom. The summed E-state index contributed by atoms with van der Waals surface area (Å²) in [5, 5.41) is 10.6. The maximum absolute atomic E-state index is 3.38. The number of rotatable bonds is 2. The molecule has 8 rings (SSSR count). The molecule has 0 amide bonds. The summed E-state index contributed by atoms with van der Waals surface area (Å²) in [6.45, 7) is 11.1. The molecule has 3 heteroatoms. The molecule has 0 saturated carbocycles. The zero-order chi connectivity index (χ0) is 29.8. The van der Waals surface area contributed by atoms with Gasteiger partial charge in [-0.25, -0.2) is 0 Å². The smallest absolute Gasteiger partial charge is 1.00 e. The van der Waals surface area contributed by atoms with Crippen LogP contribution in [0.25, 0.3) is 65.3 Å². The summed E-state index contributed by atoms with van der Waals surface area (Å²) in [6, 6.07) is 52.5. The number of fused-ring (bicyclic) bond motifs is 4. The molecule has 0 radical (unpaired) electrons. The Labute approximate surface area is 305 Å². The second kappa shape index (κ2) is 16.9. The predicted molar refractivity (Wildman–Crippen MR) is 190 cm³/mol. The molecule has 8 aromatic rings. The van der Waals surface area contributed by atoms with Crippen LogP contribution in [0.1, 0.15) is 17.5 Å².